The third kappa shape index (κ3) is 1.76. The van der Waals surface area contributed by atoms with Crippen LogP contribution in [0.1, 0.15) is 28.5 Å². The number of esters is 1. The maximum Gasteiger partial charge on any atom is 0.343 e. The van der Waals surface area contributed by atoms with Crippen molar-refractivity contribution >= 4 is 17.3 Å². The highest BCUT2D eigenvalue weighted by Crippen LogP contribution is 2.38. The zero-order valence-electron chi connectivity index (χ0n) is 9.64. The summed E-state index contributed by atoms with van der Waals surface area (Å²) in [6.07, 6.45) is 0.182. The van der Waals surface area contributed by atoms with Crippen LogP contribution >= 0.6 is 11.3 Å². The number of hydrogen-bond acceptors (Lipinski definition) is 5. The molecule has 5 heteroatoms. The molecule has 2 aromatic heterocycles. The first-order chi connectivity index (χ1) is 8.65. The number of fused-ring (bicyclic) bond motifs is 1. The molecule has 1 aliphatic heterocycles. The molecule has 18 heavy (non-hydrogen) atoms. The van der Waals surface area contributed by atoms with Gasteiger partial charge in [-0.2, -0.15) is 0 Å². The van der Waals surface area contributed by atoms with Crippen LogP contribution in [0, 0.1) is 6.92 Å². The molecular weight excluding hydrogens is 252 g/mol. The summed E-state index contributed by atoms with van der Waals surface area (Å²) in [5, 5.41) is 1.92. The van der Waals surface area contributed by atoms with Gasteiger partial charge in [0.2, 0.25) is 0 Å². The summed E-state index contributed by atoms with van der Waals surface area (Å²) < 4.78 is 10.2. The van der Waals surface area contributed by atoms with Crippen LogP contribution in [-0.4, -0.2) is 5.97 Å². The summed E-state index contributed by atoms with van der Waals surface area (Å²) in [6.45, 7) is 1.66. The van der Waals surface area contributed by atoms with Crippen LogP contribution in [0.25, 0.3) is 0 Å². The van der Waals surface area contributed by atoms with Gasteiger partial charge in [-0.15, -0.1) is 11.3 Å². The van der Waals surface area contributed by atoms with Crippen molar-refractivity contribution < 1.29 is 13.9 Å². The lowest BCUT2D eigenvalue weighted by Gasteiger charge is -2.22. The number of rotatable bonds is 1. The summed E-state index contributed by atoms with van der Waals surface area (Å²) in [5.74, 6) is 0.209. The summed E-state index contributed by atoms with van der Waals surface area (Å²) in [7, 11) is 0. The zero-order valence-corrected chi connectivity index (χ0v) is 10.5. The summed E-state index contributed by atoms with van der Waals surface area (Å²) >= 11 is 1.52. The molecule has 0 N–H and O–H groups in total. The highest BCUT2D eigenvalue weighted by Gasteiger charge is 2.32. The molecule has 0 saturated heterocycles. The number of carbonyl (C=O) groups excluding carboxylic acids is 1. The molecule has 0 bridgehead atoms. The standard InChI is InChI=1S/C13H10O4S/c1-7-5-9-12(13(15)16-7)8(6-11(14)17-9)10-3-2-4-18-10/h2-5,8H,6H2,1H3. The number of aryl methyl sites for hydroxylation is 1. The molecule has 0 saturated carbocycles. The minimum atomic E-state index is -0.420. The average molecular weight is 262 g/mol. The van der Waals surface area contributed by atoms with Crippen LogP contribution in [0.15, 0.2) is 32.8 Å². The number of thiophene rings is 1. The lowest BCUT2D eigenvalue weighted by molar-refractivity contribution is -0.135. The molecule has 0 fully saturated rings. The van der Waals surface area contributed by atoms with Crippen molar-refractivity contribution in [1.29, 1.82) is 0 Å². The number of carbonyl (C=O) groups is 1. The van der Waals surface area contributed by atoms with Gasteiger partial charge in [0.05, 0.1) is 12.0 Å². The maximum atomic E-state index is 11.9. The fourth-order valence-corrected chi connectivity index (χ4v) is 2.99. The molecule has 0 aromatic carbocycles. The quantitative estimate of drug-likeness (QED) is 0.741. The minimum absolute atomic E-state index is 0.182. The van der Waals surface area contributed by atoms with Crippen molar-refractivity contribution in [3.63, 3.8) is 0 Å². The Hall–Kier alpha value is -1.88. The van der Waals surface area contributed by atoms with E-state index in [0.717, 1.165) is 4.88 Å². The highest BCUT2D eigenvalue weighted by molar-refractivity contribution is 7.10. The van der Waals surface area contributed by atoms with Crippen molar-refractivity contribution in [2.45, 2.75) is 19.3 Å². The smallest absolute Gasteiger partial charge is 0.343 e. The molecule has 0 spiro atoms. The Morgan fingerprint density at radius 1 is 1.39 bits per heavy atom. The van der Waals surface area contributed by atoms with Gasteiger partial charge in [-0.05, 0) is 18.4 Å². The van der Waals surface area contributed by atoms with Crippen LogP contribution in [0.2, 0.25) is 0 Å². The Balaban J connectivity index is 2.21. The lowest BCUT2D eigenvalue weighted by Crippen LogP contribution is -2.26. The van der Waals surface area contributed by atoms with E-state index in [0.29, 0.717) is 17.1 Å². The van der Waals surface area contributed by atoms with Gasteiger partial charge in [-0.1, -0.05) is 6.07 Å². The molecule has 0 aliphatic carbocycles. The van der Waals surface area contributed by atoms with Crippen molar-refractivity contribution in [3.8, 4) is 5.75 Å². The third-order valence-electron chi connectivity index (χ3n) is 2.90. The van der Waals surface area contributed by atoms with Crippen LogP contribution in [0.4, 0.5) is 0 Å². The predicted octanol–water partition coefficient (Wildman–Crippen LogP) is 2.45. The van der Waals surface area contributed by atoms with Gasteiger partial charge in [-0.3, -0.25) is 4.79 Å². The first-order valence-electron chi connectivity index (χ1n) is 5.54. The molecule has 3 heterocycles. The maximum absolute atomic E-state index is 11.9. The van der Waals surface area contributed by atoms with Crippen LogP contribution in [-0.2, 0) is 4.79 Å². The Labute approximate surface area is 107 Å². The van der Waals surface area contributed by atoms with Gasteiger partial charge in [0, 0.05) is 16.9 Å². The van der Waals surface area contributed by atoms with E-state index in [1.807, 2.05) is 17.5 Å². The van der Waals surface area contributed by atoms with Crippen molar-refractivity contribution in [1.82, 2.24) is 0 Å². The molecule has 3 rings (SSSR count). The third-order valence-corrected chi connectivity index (χ3v) is 3.89. The first kappa shape index (κ1) is 11.2. The van der Waals surface area contributed by atoms with E-state index >= 15 is 0 Å². The minimum Gasteiger partial charge on any atom is -0.428 e. The molecule has 1 aliphatic rings. The molecule has 0 radical (unpaired) electrons. The molecule has 0 amide bonds. The van der Waals surface area contributed by atoms with Crippen molar-refractivity contribution in [2.75, 3.05) is 0 Å². The van der Waals surface area contributed by atoms with Gasteiger partial charge in [0.15, 0.2) is 0 Å². The first-order valence-corrected chi connectivity index (χ1v) is 6.42. The molecule has 92 valence electrons. The van der Waals surface area contributed by atoms with Gasteiger partial charge in [-0.25, -0.2) is 4.79 Å². The Kier molecular flexibility index (Phi) is 2.56. The zero-order chi connectivity index (χ0) is 12.7. The second kappa shape index (κ2) is 4.10. The normalized spacial score (nSPS) is 18.3. The van der Waals surface area contributed by atoms with E-state index in [1.54, 1.807) is 13.0 Å². The molecule has 1 unspecified atom stereocenters. The van der Waals surface area contributed by atoms with E-state index in [1.165, 1.54) is 11.3 Å². The SMILES string of the molecule is Cc1cc2c(c(=O)o1)C(c1cccs1)CC(=O)O2. The molecule has 1 atom stereocenters. The molecule has 4 nitrogen and oxygen atoms in total. The fourth-order valence-electron chi connectivity index (χ4n) is 2.16. The van der Waals surface area contributed by atoms with Crippen molar-refractivity contribution in [2.24, 2.45) is 0 Å². The van der Waals surface area contributed by atoms with Gasteiger partial charge < -0.3 is 9.15 Å². The van der Waals surface area contributed by atoms with E-state index in [-0.39, 0.29) is 18.3 Å². The van der Waals surface area contributed by atoms with Crippen LogP contribution in [0.5, 0.6) is 5.75 Å². The molecular formula is C13H10O4S. The van der Waals surface area contributed by atoms with Gasteiger partial charge in [0.25, 0.3) is 0 Å². The second-order valence-corrected chi connectivity index (χ2v) is 5.15. The molecule has 2 aromatic rings. The average Bonchev–Trinajstić information content (AvgIpc) is 2.79. The highest BCUT2D eigenvalue weighted by atomic mass is 32.1. The Bertz CT molecular complexity index is 654. The van der Waals surface area contributed by atoms with E-state index < -0.39 is 5.63 Å². The monoisotopic (exact) mass is 262 g/mol. The van der Waals surface area contributed by atoms with Crippen LogP contribution in [0.3, 0.4) is 0 Å². The van der Waals surface area contributed by atoms with Gasteiger partial charge >= 0.3 is 11.6 Å². The summed E-state index contributed by atoms with van der Waals surface area (Å²) in [5.41, 5.74) is 0.0264. The number of ether oxygens (including phenoxy) is 1. The summed E-state index contributed by atoms with van der Waals surface area (Å²) in [4.78, 5) is 24.5. The Morgan fingerprint density at radius 3 is 2.94 bits per heavy atom. The predicted molar refractivity (Wildman–Crippen MR) is 66.1 cm³/mol. The van der Waals surface area contributed by atoms with Gasteiger partial charge in [0.1, 0.15) is 11.5 Å². The van der Waals surface area contributed by atoms with Crippen LogP contribution < -0.4 is 10.4 Å². The van der Waals surface area contributed by atoms with E-state index in [9.17, 15) is 9.59 Å². The largest absolute Gasteiger partial charge is 0.428 e. The Morgan fingerprint density at radius 2 is 2.22 bits per heavy atom. The van der Waals surface area contributed by atoms with E-state index in [4.69, 9.17) is 9.15 Å². The van der Waals surface area contributed by atoms with Crippen molar-refractivity contribution in [3.05, 3.63) is 50.2 Å². The lowest BCUT2D eigenvalue weighted by atomic mass is 9.93. The topological polar surface area (TPSA) is 56.5 Å². The fraction of sp³-hybridized carbons (Fsp3) is 0.231. The summed E-state index contributed by atoms with van der Waals surface area (Å²) in [6, 6.07) is 5.40. The second-order valence-electron chi connectivity index (χ2n) is 4.17. The number of hydrogen-bond donors (Lipinski definition) is 0. The van der Waals surface area contributed by atoms with E-state index in [2.05, 4.69) is 0 Å².